The van der Waals surface area contributed by atoms with Gasteiger partial charge >= 0.3 is 6.18 Å². The highest BCUT2D eigenvalue weighted by atomic mass is 32.2. The Morgan fingerprint density at radius 1 is 1.12 bits per heavy atom. The summed E-state index contributed by atoms with van der Waals surface area (Å²) in [6.07, 6.45) is -4.43. The Labute approximate surface area is 93.4 Å². The SMILES string of the molecule is NCCCCS(=O)(=O)NCCCC(F)(F)F. The lowest BCUT2D eigenvalue weighted by atomic mass is 10.3. The van der Waals surface area contributed by atoms with Gasteiger partial charge < -0.3 is 5.73 Å². The molecule has 0 aromatic rings. The summed E-state index contributed by atoms with van der Waals surface area (Å²) in [5.41, 5.74) is 5.19. The van der Waals surface area contributed by atoms with Gasteiger partial charge in [-0.05, 0) is 25.8 Å². The van der Waals surface area contributed by atoms with E-state index in [2.05, 4.69) is 4.72 Å². The molecule has 0 unspecified atom stereocenters. The Morgan fingerprint density at radius 2 is 1.75 bits per heavy atom. The molecule has 0 aromatic heterocycles. The summed E-state index contributed by atoms with van der Waals surface area (Å²) in [4.78, 5) is 0. The van der Waals surface area contributed by atoms with Crippen LogP contribution in [0.25, 0.3) is 0 Å². The molecule has 0 fully saturated rings. The van der Waals surface area contributed by atoms with Gasteiger partial charge in [0.2, 0.25) is 10.0 Å². The smallest absolute Gasteiger partial charge is 0.330 e. The number of hydrogen-bond donors (Lipinski definition) is 2. The molecule has 0 heterocycles. The molecular formula is C8H17F3N2O2S. The number of nitrogens with one attached hydrogen (secondary N) is 1. The number of rotatable bonds is 8. The molecule has 0 aliphatic carbocycles. The van der Waals surface area contributed by atoms with E-state index in [0.29, 0.717) is 19.4 Å². The topological polar surface area (TPSA) is 72.2 Å². The summed E-state index contributed by atoms with van der Waals surface area (Å²) in [5, 5.41) is 0. The second-order valence-electron chi connectivity index (χ2n) is 3.43. The second kappa shape index (κ2) is 7.08. The zero-order valence-corrected chi connectivity index (χ0v) is 9.70. The fraction of sp³-hybridized carbons (Fsp3) is 1.00. The van der Waals surface area contributed by atoms with Crippen LogP contribution in [0.2, 0.25) is 0 Å². The van der Waals surface area contributed by atoms with Gasteiger partial charge in [-0.3, -0.25) is 0 Å². The van der Waals surface area contributed by atoms with Gasteiger partial charge in [-0.15, -0.1) is 0 Å². The molecule has 98 valence electrons. The number of halogens is 3. The Balaban J connectivity index is 3.67. The van der Waals surface area contributed by atoms with Crippen LogP contribution < -0.4 is 10.5 Å². The van der Waals surface area contributed by atoms with E-state index in [4.69, 9.17) is 5.73 Å². The number of alkyl halides is 3. The lowest BCUT2D eigenvalue weighted by Gasteiger charge is -2.08. The van der Waals surface area contributed by atoms with E-state index in [1.165, 1.54) is 0 Å². The fourth-order valence-corrected chi connectivity index (χ4v) is 2.21. The first kappa shape index (κ1) is 15.7. The molecule has 16 heavy (non-hydrogen) atoms. The van der Waals surface area contributed by atoms with E-state index in [1.54, 1.807) is 0 Å². The molecule has 0 aliphatic heterocycles. The third-order valence-electron chi connectivity index (χ3n) is 1.83. The highest BCUT2D eigenvalue weighted by Gasteiger charge is 2.26. The van der Waals surface area contributed by atoms with Crippen LogP contribution in [0.1, 0.15) is 25.7 Å². The molecule has 0 bridgehead atoms. The van der Waals surface area contributed by atoms with Gasteiger partial charge in [0.1, 0.15) is 0 Å². The molecule has 0 saturated heterocycles. The third kappa shape index (κ3) is 10.2. The van der Waals surface area contributed by atoms with Crippen molar-refractivity contribution >= 4 is 10.0 Å². The minimum absolute atomic E-state index is 0.0871. The van der Waals surface area contributed by atoms with Crippen molar-refractivity contribution in [2.75, 3.05) is 18.8 Å². The number of nitrogens with two attached hydrogens (primary N) is 1. The Kier molecular flexibility index (Phi) is 6.93. The van der Waals surface area contributed by atoms with Crippen LogP contribution in [0.4, 0.5) is 13.2 Å². The molecule has 0 spiro atoms. The summed E-state index contributed by atoms with van der Waals surface area (Å²) in [6.45, 7) is 0.230. The van der Waals surface area contributed by atoms with Gasteiger partial charge in [-0.1, -0.05) is 0 Å². The van der Waals surface area contributed by atoms with Crippen LogP contribution in [-0.4, -0.2) is 33.4 Å². The molecule has 3 N–H and O–H groups in total. The molecule has 4 nitrogen and oxygen atoms in total. The molecular weight excluding hydrogens is 245 g/mol. The molecule has 0 saturated carbocycles. The van der Waals surface area contributed by atoms with Crippen molar-refractivity contribution < 1.29 is 21.6 Å². The maximum atomic E-state index is 11.7. The van der Waals surface area contributed by atoms with Gasteiger partial charge in [-0.25, -0.2) is 13.1 Å². The van der Waals surface area contributed by atoms with Crippen molar-refractivity contribution in [1.29, 1.82) is 0 Å². The molecule has 0 atom stereocenters. The Hall–Kier alpha value is -0.340. The Bertz CT molecular complexity index is 277. The Morgan fingerprint density at radius 3 is 2.25 bits per heavy atom. The van der Waals surface area contributed by atoms with E-state index < -0.39 is 22.6 Å². The van der Waals surface area contributed by atoms with Crippen molar-refractivity contribution in [2.24, 2.45) is 5.73 Å². The van der Waals surface area contributed by atoms with E-state index >= 15 is 0 Å². The number of unbranched alkanes of at least 4 members (excludes halogenated alkanes) is 1. The molecule has 0 aliphatic rings. The zero-order valence-electron chi connectivity index (χ0n) is 8.89. The van der Waals surface area contributed by atoms with Crippen molar-refractivity contribution in [3.63, 3.8) is 0 Å². The molecule has 0 amide bonds. The molecule has 0 rings (SSSR count). The van der Waals surface area contributed by atoms with Gasteiger partial charge in [0.15, 0.2) is 0 Å². The predicted molar refractivity (Wildman–Crippen MR) is 55.4 cm³/mol. The van der Waals surface area contributed by atoms with E-state index in [1.807, 2.05) is 0 Å². The second-order valence-corrected chi connectivity index (χ2v) is 5.35. The monoisotopic (exact) mass is 262 g/mol. The van der Waals surface area contributed by atoms with Gasteiger partial charge in [0.25, 0.3) is 0 Å². The third-order valence-corrected chi connectivity index (χ3v) is 3.30. The summed E-state index contributed by atoms with van der Waals surface area (Å²) in [7, 11) is -3.44. The van der Waals surface area contributed by atoms with Crippen molar-refractivity contribution in [3.8, 4) is 0 Å². The molecule has 0 aromatic carbocycles. The van der Waals surface area contributed by atoms with Crippen LogP contribution >= 0.6 is 0 Å². The number of sulfonamides is 1. The lowest BCUT2D eigenvalue weighted by molar-refractivity contribution is -0.135. The fourth-order valence-electron chi connectivity index (χ4n) is 1.03. The first-order valence-electron chi connectivity index (χ1n) is 5.01. The van der Waals surface area contributed by atoms with Crippen molar-refractivity contribution in [3.05, 3.63) is 0 Å². The summed E-state index contributed by atoms with van der Waals surface area (Å²) < 4.78 is 59.7. The lowest BCUT2D eigenvalue weighted by Crippen LogP contribution is -2.28. The average Bonchev–Trinajstić information content (AvgIpc) is 2.11. The van der Waals surface area contributed by atoms with Gasteiger partial charge in [0.05, 0.1) is 5.75 Å². The van der Waals surface area contributed by atoms with E-state index in [-0.39, 0.29) is 18.7 Å². The predicted octanol–water partition coefficient (Wildman–Crippen LogP) is 0.987. The maximum absolute atomic E-state index is 11.7. The quantitative estimate of drug-likeness (QED) is 0.641. The van der Waals surface area contributed by atoms with Crippen molar-refractivity contribution in [2.45, 2.75) is 31.9 Å². The van der Waals surface area contributed by atoms with Crippen LogP contribution in [0, 0.1) is 0 Å². The average molecular weight is 262 g/mol. The summed E-state index contributed by atoms with van der Waals surface area (Å²) >= 11 is 0. The maximum Gasteiger partial charge on any atom is 0.389 e. The van der Waals surface area contributed by atoms with Crippen LogP contribution in [0.15, 0.2) is 0 Å². The van der Waals surface area contributed by atoms with Crippen LogP contribution in [0.3, 0.4) is 0 Å². The normalized spacial score (nSPS) is 13.0. The first-order chi connectivity index (χ1) is 7.27. The van der Waals surface area contributed by atoms with Gasteiger partial charge in [-0.2, -0.15) is 13.2 Å². The largest absolute Gasteiger partial charge is 0.389 e. The van der Waals surface area contributed by atoms with E-state index in [9.17, 15) is 21.6 Å². The minimum Gasteiger partial charge on any atom is -0.330 e. The van der Waals surface area contributed by atoms with Crippen molar-refractivity contribution in [1.82, 2.24) is 4.72 Å². The molecule has 8 heteroatoms. The summed E-state index contributed by atoms with van der Waals surface area (Å²) in [6, 6.07) is 0. The number of hydrogen-bond acceptors (Lipinski definition) is 3. The first-order valence-corrected chi connectivity index (χ1v) is 6.66. The standard InChI is InChI=1S/C8H17F3N2O2S/c9-8(10,11)4-3-6-13-16(14,15)7-2-1-5-12/h13H,1-7,12H2. The molecule has 0 radical (unpaired) electrons. The highest BCUT2D eigenvalue weighted by molar-refractivity contribution is 7.89. The van der Waals surface area contributed by atoms with Crippen LogP contribution in [-0.2, 0) is 10.0 Å². The summed E-state index contributed by atoms with van der Waals surface area (Å²) in [5.74, 6) is -0.0871. The van der Waals surface area contributed by atoms with Crippen LogP contribution in [0.5, 0.6) is 0 Å². The highest BCUT2D eigenvalue weighted by Crippen LogP contribution is 2.20. The zero-order chi connectivity index (χ0) is 12.7. The van der Waals surface area contributed by atoms with E-state index in [0.717, 1.165) is 0 Å². The van der Waals surface area contributed by atoms with Gasteiger partial charge in [0, 0.05) is 13.0 Å². The minimum atomic E-state index is -4.23.